The van der Waals surface area contributed by atoms with Crippen molar-refractivity contribution < 1.29 is 19.1 Å². The molecular formula is C18H14BrN3O4. The molecule has 0 unspecified atom stereocenters. The molecule has 0 bridgehead atoms. The van der Waals surface area contributed by atoms with E-state index in [0.717, 1.165) is 9.37 Å². The molecule has 0 aromatic heterocycles. The molecule has 0 radical (unpaired) electrons. The molecule has 26 heavy (non-hydrogen) atoms. The summed E-state index contributed by atoms with van der Waals surface area (Å²) in [6.07, 6.45) is 1.23. The minimum absolute atomic E-state index is 0.367. The van der Waals surface area contributed by atoms with Crippen LogP contribution in [0, 0.1) is 5.92 Å². The molecule has 1 fully saturated rings. The summed E-state index contributed by atoms with van der Waals surface area (Å²) in [5.41, 5.74) is 0.921. The van der Waals surface area contributed by atoms with Gasteiger partial charge >= 0.3 is 6.03 Å². The number of amides is 4. The number of benzene rings is 2. The molecule has 1 aliphatic heterocycles. The fraction of sp³-hybridized carbons (Fsp3) is 0.111. The minimum Gasteiger partial charge on any atom is -0.497 e. The zero-order valence-corrected chi connectivity index (χ0v) is 15.3. The first-order valence-corrected chi connectivity index (χ1v) is 8.41. The Morgan fingerprint density at radius 2 is 1.73 bits per heavy atom. The highest BCUT2D eigenvalue weighted by Crippen LogP contribution is 2.23. The standard InChI is InChI=1S/C18H14BrN3O4/c1-26-14-8-4-12(5-9-14)20-10-15-16(23)21-18(25)22(17(15)24)13-6-2-11(19)3-7-13/h2-10,15H,1H3,(H,21,23,25)/t15-/m0/s1. The minimum atomic E-state index is -1.20. The van der Waals surface area contributed by atoms with Gasteiger partial charge in [0.2, 0.25) is 5.91 Å². The fourth-order valence-electron chi connectivity index (χ4n) is 2.39. The first kappa shape index (κ1) is 17.8. The maximum absolute atomic E-state index is 12.7. The molecule has 1 N–H and O–H groups in total. The largest absolute Gasteiger partial charge is 0.497 e. The second-order valence-electron chi connectivity index (χ2n) is 5.40. The van der Waals surface area contributed by atoms with E-state index in [1.54, 1.807) is 55.6 Å². The van der Waals surface area contributed by atoms with Crippen molar-refractivity contribution in [2.45, 2.75) is 0 Å². The molecule has 2 aromatic rings. The summed E-state index contributed by atoms with van der Waals surface area (Å²) in [6, 6.07) is 12.6. The molecule has 1 saturated heterocycles. The number of nitrogens with one attached hydrogen (secondary N) is 1. The fourth-order valence-corrected chi connectivity index (χ4v) is 2.65. The van der Waals surface area contributed by atoms with E-state index in [-0.39, 0.29) is 0 Å². The Hall–Kier alpha value is -3.00. The summed E-state index contributed by atoms with van der Waals surface area (Å²) in [5.74, 6) is -1.88. The molecule has 2 aromatic carbocycles. The van der Waals surface area contributed by atoms with E-state index in [4.69, 9.17) is 4.74 Å². The third kappa shape index (κ3) is 3.65. The summed E-state index contributed by atoms with van der Waals surface area (Å²) in [7, 11) is 1.55. The van der Waals surface area contributed by atoms with E-state index in [1.165, 1.54) is 6.21 Å². The molecule has 1 atom stereocenters. The Morgan fingerprint density at radius 3 is 2.35 bits per heavy atom. The van der Waals surface area contributed by atoms with Crippen LogP contribution in [0.2, 0.25) is 0 Å². The average molecular weight is 416 g/mol. The second kappa shape index (κ2) is 7.49. The second-order valence-corrected chi connectivity index (χ2v) is 6.31. The van der Waals surface area contributed by atoms with E-state index < -0.39 is 23.8 Å². The summed E-state index contributed by atoms with van der Waals surface area (Å²) in [5, 5.41) is 2.18. The summed E-state index contributed by atoms with van der Waals surface area (Å²) in [6.45, 7) is 0. The first-order valence-electron chi connectivity index (χ1n) is 7.62. The number of hydrogen-bond donors (Lipinski definition) is 1. The Kier molecular flexibility index (Phi) is 5.13. The Bertz CT molecular complexity index is 878. The number of barbiturate groups is 1. The predicted molar refractivity (Wildman–Crippen MR) is 99.8 cm³/mol. The zero-order chi connectivity index (χ0) is 18.7. The number of urea groups is 1. The lowest BCUT2D eigenvalue weighted by Gasteiger charge is -2.28. The van der Waals surface area contributed by atoms with E-state index in [0.29, 0.717) is 17.1 Å². The van der Waals surface area contributed by atoms with Gasteiger partial charge in [-0.3, -0.25) is 19.9 Å². The molecule has 0 aliphatic carbocycles. The van der Waals surface area contributed by atoms with Gasteiger partial charge in [-0.05, 0) is 48.5 Å². The Balaban J connectivity index is 1.84. The van der Waals surface area contributed by atoms with E-state index in [2.05, 4.69) is 26.2 Å². The van der Waals surface area contributed by atoms with Crippen molar-refractivity contribution in [2.75, 3.05) is 12.0 Å². The normalized spacial score (nSPS) is 17.5. The SMILES string of the molecule is COc1ccc(N=C[C@H]2C(=O)NC(=O)N(c3ccc(Br)cc3)C2=O)cc1. The van der Waals surface area contributed by atoms with Crippen LogP contribution in [0.15, 0.2) is 58.0 Å². The third-order valence-electron chi connectivity index (χ3n) is 3.73. The number of carbonyl (C=O) groups is 3. The van der Waals surface area contributed by atoms with Crippen LogP contribution in [-0.2, 0) is 9.59 Å². The van der Waals surface area contributed by atoms with Gasteiger partial charge in [-0.25, -0.2) is 9.69 Å². The van der Waals surface area contributed by atoms with Gasteiger partial charge in [0.25, 0.3) is 5.91 Å². The van der Waals surface area contributed by atoms with Crippen molar-refractivity contribution in [3.63, 3.8) is 0 Å². The van der Waals surface area contributed by atoms with Crippen molar-refractivity contribution in [3.8, 4) is 5.75 Å². The molecular weight excluding hydrogens is 402 g/mol. The molecule has 0 spiro atoms. The van der Waals surface area contributed by atoms with Crippen LogP contribution in [0.1, 0.15) is 0 Å². The van der Waals surface area contributed by atoms with Gasteiger partial charge in [0.15, 0.2) is 5.92 Å². The van der Waals surface area contributed by atoms with Gasteiger partial charge in [-0.15, -0.1) is 0 Å². The van der Waals surface area contributed by atoms with Crippen LogP contribution in [0.5, 0.6) is 5.75 Å². The highest BCUT2D eigenvalue weighted by molar-refractivity contribution is 9.10. The number of anilines is 1. The molecule has 3 rings (SSSR count). The summed E-state index contributed by atoms with van der Waals surface area (Å²) >= 11 is 3.29. The van der Waals surface area contributed by atoms with Crippen LogP contribution >= 0.6 is 15.9 Å². The highest BCUT2D eigenvalue weighted by Gasteiger charge is 2.40. The first-order chi connectivity index (χ1) is 12.5. The summed E-state index contributed by atoms with van der Waals surface area (Å²) < 4.78 is 5.87. The van der Waals surface area contributed by atoms with Gasteiger partial charge in [-0.2, -0.15) is 0 Å². The number of hydrogen-bond acceptors (Lipinski definition) is 5. The molecule has 7 nitrogen and oxygen atoms in total. The zero-order valence-electron chi connectivity index (χ0n) is 13.7. The Morgan fingerprint density at radius 1 is 1.08 bits per heavy atom. The van der Waals surface area contributed by atoms with Gasteiger partial charge in [0, 0.05) is 10.7 Å². The Labute approximate surface area is 157 Å². The number of halogens is 1. The van der Waals surface area contributed by atoms with Crippen molar-refractivity contribution in [3.05, 3.63) is 53.0 Å². The topological polar surface area (TPSA) is 88.1 Å². The maximum Gasteiger partial charge on any atom is 0.335 e. The average Bonchev–Trinajstić information content (AvgIpc) is 2.63. The molecule has 0 saturated carbocycles. The smallest absolute Gasteiger partial charge is 0.335 e. The third-order valence-corrected chi connectivity index (χ3v) is 4.26. The molecule has 1 heterocycles. The van der Waals surface area contributed by atoms with Crippen LogP contribution < -0.4 is 15.0 Å². The predicted octanol–water partition coefficient (Wildman–Crippen LogP) is 3.06. The lowest BCUT2D eigenvalue weighted by molar-refractivity contribution is -0.131. The van der Waals surface area contributed by atoms with Crippen LogP contribution in [-0.4, -0.2) is 31.2 Å². The number of imide groups is 2. The lowest BCUT2D eigenvalue weighted by Crippen LogP contribution is -2.58. The molecule has 8 heteroatoms. The summed E-state index contributed by atoms with van der Waals surface area (Å²) in [4.78, 5) is 41.9. The van der Waals surface area contributed by atoms with Gasteiger partial charge in [0.05, 0.1) is 18.5 Å². The number of aliphatic imine (C=N–C) groups is 1. The number of ether oxygens (including phenoxy) is 1. The van der Waals surface area contributed by atoms with Crippen molar-refractivity contribution in [2.24, 2.45) is 10.9 Å². The quantitative estimate of drug-likeness (QED) is 0.613. The molecule has 1 aliphatic rings. The van der Waals surface area contributed by atoms with Crippen molar-refractivity contribution >= 4 is 51.4 Å². The van der Waals surface area contributed by atoms with Crippen molar-refractivity contribution in [1.82, 2.24) is 5.32 Å². The van der Waals surface area contributed by atoms with E-state index in [1.807, 2.05) is 0 Å². The number of rotatable bonds is 4. The monoisotopic (exact) mass is 415 g/mol. The van der Waals surface area contributed by atoms with Gasteiger partial charge < -0.3 is 4.74 Å². The van der Waals surface area contributed by atoms with Crippen LogP contribution in [0.25, 0.3) is 0 Å². The lowest BCUT2D eigenvalue weighted by atomic mass is 10.1. The van der Waals surface area contributed by atoms with Gasteiger partial charge in [0.1, 0.15) is 5.75 Å². The number of methoxy groups -OCH3 is 1. The number of nitrogens with zero attached hydrogens (tertiary/aromatic N) is 2. The highest BCUT2D eigenvalue weighted by atomic mass is 79.9. The van der Waals surface area contributed by atoms with Gasteiger partial charge in [-0.1, -0.05) is 15.9 Å². The molecule has 4 amide bonds. The van der Waals surface area contributed by atoms with Crippen molar-refractivity contribution in [1.29, 1.82) is 0 Å². The number of carbonyl (C=O) groups excluding carboxylic acids is 3. The van der Waals surface area contributed by atoms with Crippen LogP contribution in [0.3, 0.4) is 0 Å². The van der Waals surface area contributed by atoms with Crippen LogP contribution in [0.4, 0.5) is 16.2 Å². The maximum atomic E-state index is 12.7. The van der Waals surface area contributed by atoms with E-state index >= 15 is 0 Å². The molecule has 132 valence electrons. The van der Waals surface area contributed by atoms with E-state index in [9.17, 15) is 14.4 Å².